The largest absolute Gasteiger partial charge is 0.364 e. The summed E-state index contributed by atoms with van der Waals surface area (Å²) in [5.74, 6) is -1.80. The average Bonchev–Trinajstić information content (AvgIpc) is 2.47. The molecule has 1 heterocycles. The van der Waals surface area contributed by atoms with Gasteiger partial charge in [-0.25, -0.2) is 0 Å². The lowest BCUT2D eigenvalue weighted by molar-refractivity contribution is -0.389. The third-order valence-electron chi connectivity index (χ3n) is 2.54. The molecule has 0 saturated heterocycles. The number of pyridine rings is 1. The van der Waals surface area contributed by atoms with E-state index < -0.39 is 22.6 Å². The van der Waals surface area contributed by atoms with E-state index in [-0.39, 0.29) is 11.1 Å². The number of halogens is 1. The van der Waals surface area contributed by atoms with Crippen molar-refractivity contribution in [3.05, 3.63) is 68.3 Å². The Balaban J connectivity index is 2.19. The van der Waals surface area contributed by atoms with Crippen LogP contribution in [-0.4, -0.2) is 21.7 Å². The first-order valence-electron chi connectivity index (χ1n) is 5.69. The smallest absolute Gasteiger partial charge is 0.358 e. The third-order valence-corrected chi connectivity index (χ3v) is 3.23. The van der Waals surface area contributed by atoms with Gasteiger partial charge in [-0.2, -0.15) is 0 Å². The molecule has 0 saturated carbocycles. The summed E-state index contributed by atoms with van der Waals surface area (Å²) in [5, 5.41) is 12.8. The minimum Gasteiger partial charge on any atom is -0.358 e. The molecule has 1 aromatic heterocycles. The molecule has 106 valence electrons. The molecule has 8 heteroatoms. The Labute approximate surface area is 127 Å². The summed E-state index contributed by atoms with van der Waals surface area (Å²) in [6.45, 7) is 0. The van der Waals surface area contributed by atoms with E-state index >= 15 is 0 Å². The highest BCUT2D eigenvalue weighted by atomic mass is 79.9. The summed E-state index contributed by atoms with van der Waals surface area (Å²) in [5.41, 5.74) is 0.270. The second kappa shape index (κ2) is 6.23. The average molecular weight is 350 g/mol. The minimum absolute atomic E-state index is 0.0166. The number of nitrogens with zero attached hydrogens (tertiary/aromatic N) is 2. The van der Waals surface area contributed by atoms with Crippen molar-refractivity contribution >= 4 is 33.6 Å². The molecule has 1 aromatic carbocycles. The van der Waals surface area contributed by atoms with E-state index in [1.54, 1.807) is 24.3 Å². The summed E-state index contributed by atoms with van der Waals surface area (Å²) in [6.07, 6.45) is 1.13. The molecule has 0 unspecified atom stereocenters. The van der Waals surface area contributed by atoms with Crippen LogP contribution in [0.5, 0.6) is 0 Å². The van der Waals surface area contributed by atoms with E-state index in [0.29, 0.717) is 4.47 Å². The number of hydrogen-bond donors (Lipinski definition) is 1. The molecule has 21 heavy (non-hydrogen) atoms. The van der Waals surface area contributed by atoms with Crippen LogP contribution in [0.25, 0.3) is 0 Å². The molecule has 2 rings (SSSR count). The van der Waals surface area contributed by atoms with Crippen LogP contribution in [0.1, 0.15) is 20.7 Å². The van der Waals surface area contributed by atoms with E-state index in [4.69, 9.17) is 0 Å². The number of carbonyl (C=O) groups is 2. The molecule has 0 atom stereocenters. The Morgan fingerprint density at radius 1 is 1.19 bits per heavy atom. The summed E-state index contributed by atoms with van der Waals surface area (Å²) in [4.78, 5) is 37.3. The maximum absolute atomic E-state index is 12.0. The number of aromatic nitrogens is 1. The van der Waals surface area contributed by atoms with Crippen molar-refractivity contribution in [3.63, 3.8) is 0 Å². The van der Waals surface area contributed by atoms with Crippen LogP contribution in [0.2, 0.25) is 0 Å². The lowest BCUT2D eigenvalue weighted by Crippen LogP contribution is -2.30. The van der Waals surface area contributed by atoms with Gasteiger partial charge in [-0.05, 0) is 44.0 Å². The standard InChI is InChI=1S/C13H8BrN3O4/c14-10-4-2-1-3-9(10)13(19)16-12(18)8-5-6-15-11(7-8)17(20)21/h1-7H,(H,16,18,19). The Bertz CT molecular complexity index is 733. The van der Waals surface area contributed by atoms with Crippen molar-refractivity contribution in [2.45, 2.75) is 0 Å². The van der Waals surface area contributed by atoms with Gasteiger partial charge in [-0.15, -0.1) is 0 Å². The zero-order valence-corrected chi connectivity index (χ0v) is 12.0. The van der Waals surface area contributed by atoms with Crippen LogP contribution in [0.3, 0.4) is 0 Å². The number of amides is 2. The van der Waals surface area contributed by atoms with Gasteiger partial charge < -0.3 is 10.1 Å². The van der Waals surface area contributed by atoms with E-state index in [0.717, 1.165) is 12.3 Å². The van der Waals surface area contributed by atoms with E-state index in [1.165, 1.54) is 6.07 Å². The summed E-state index contributed by atoms with van der Waals surface area (Å²) < 4.78 is 0.538. The number of nitro groups is 1. The van der Waals surface area contributed by atoms with Crippen molar-refractivity contribution in [3.8, 4) is 0 Å². The van der Waals surface area contributed by atoms with Crippen LogP contribution >= 0.6 is 15.9 Å². The van der Waals surface area contributed by atoms with Crippen molar-refractivity contribution in [2.75, 3.05) is 0 Å². The third kappa shape index (κ3) is 3.48. The van der Waals surface area contributed by atoms with Crippen LogP contribution in [-0.2, 0) is 0 Å². The van der Waals surface area contributed by atoms with E-state index in [2.05, 4.69) is 26.2 Å². The van der Waals surface area contributed by atoms with Gasteiger partial charge in [-0.3, -0.25) is 14.9 Å². The van der Waals surface area contributed by atoms with Crippen molar-refractivity contribution < 1.29 is 14.5 Å². The normalized spacial score (nSPS) is 9.95. The Kier molecular flexibility index (Phi) is 4.39. The molecular weight excluding hydrogens is 342 g/mol. The number of imide groups is 1. The first kappa shape index (κ1) is 14.8. The molecule has 0 aliphatic rings. The SMILES string of the molecule is O=C(NC(=O)c1ccccc1Br)c1ccnc([N+](=O)[O-])c1. The maximum atomic E-state index is 12.0. The summed E-state index contributed by atoms with van der Waals surface area (Å²) in [7, 11) is 0. The molecule has 0 radical (unpaired) electrons. The maximum Gasteiger partial charge on any atom is 0.364 e. The van der Waals surface area contributed by atoms with Crippen LogP contribution < -0.4 is 5.32 Å². The lowest BCUT2D eigenvalue weighted by atomic mass is 10.2. The second-order valence-electron chi connectivity index (χ2n) is 3.92. The molecule has 0 spiro atoms. The van der Waals surface area contributed by atoms with Crippen molar-refractivity contribution in [2.24, 2.45) is 0 Å². The van der Waals surface area contributed by atoms with Crippen molar-refractivity contribution in [1.29, 1.82) is 0 Å². The Hall–Kier alpha value is -2.61. The Morgan fingerprint density at radius 2 is 1.90 bits per heavy atom. The Morgan fingerprint density at radius 3 is 2.57 bits per heavy atom. The van der Waals surface area contributed by atoms with Gasteiger partial charge in [0.15, 0.2) is 0 Å². The topological polar surface area (TPSA) is 102 Å². The fourth-order valence-electron chi connectivity index (χ4n) is 1.55. The first-order chi connectivity index (χ1) is 9.99. The zero-order chi connectivity index (χ0) is 15.4. The fraction of sp³-hybridized carbons (Fsp3) is 0. The quantitative estimate of drug-likeness (QED) is 0.520. The molecular formula is C13H8BrN3O4. The fourth-order valence-corrected chi connectivity index (χ4v) is 2.01. The number of rotatable bonds is 3. The lowest BCUT2D eigenvalue weighted by Gasteiger charge is -2.05. The molecule has 1 N–H and O–H groups in total. The van der Waals surface area contributed by atoms with Crippen molar-refractivity contribution in [1.82, 2.24) is 10.3 Å². The zero-order valence-electron chi connectivity index (χ0n) is 10.4. The number of carbonyl (C=O) groups excluding carboxylic acids is 2. The van der Waals surface area contributed by atoms with Gasteiger partial charge in [-0.1, -0.05) is 12.1 Å². The highest BCUT2D eigenvalue weighted by Crippen LogP contribution is 2.16. The summed E-state index contributed by atoms with van der Waals surface area (Å²) >= 11 is 3.20. The number of benzene rings is 1. The molecule has 0 bridgehead atoms. The second-order valence-corrected chi connectivity index (χ2v) is 4.78. The van der Waals surface area contributed by atoms with Crippen LogP contribution in [0.15, 0.2) is 47.1 Å². The molecule has 2 aromatic rings. The van der Waals surface area contributed by atoms with Crippen LogP contribution in [0.4, 0.5) is 5.82 Å². The molecule has 7 nitrogen and oxygen atoms in total. The summed E-state index contributed by atoms with van der Waals surface area (Å²) in [6, 6.07) is 8.88. The van der Waals surface area contributed by atoms with Gasteiger partial charge in [0.05, 0.1) is 11.1 Å². The molecule has 2 amide bonds. The predicted octanol–water partition coefficient (Wildman–Crippen LogP) is 2.32. The molecule has 0 aliphatic carbocycles. The van der Waals surface area contributed by atoms with Gasteiger partial charge in [0.2, 0.25) is 0 Å². The van der Waals surface area contributed by atoms with Gasteiger partial charge in [0, 0.05) is 10.5 Å². The molecule has 0 fully saturated rings. The van der Waals surface area contributed by atoms with Gasteiger partial charge in [0.1, 0.15) is 6.20 Å². The number of nitrogens with one attached hydrogen (secondary N) is 1. The number of hydrogen-bond acceptors (Lipinski definition) is 5. The van der Waals surface area contributed by atoms with E-state index in [1.807, 2.05) is 0 Å². The monoisotopic (exact) mass is 349 g/mol. The molecule has 0 aliphatic heterocycles. The highest BCUT2D eigenvalue weighted by molar-refractivity contribution is 9.10. The minimum atomic E-state index is -0.735. The van der Waals surface area contributed by atoms with Gasteiger partial charge in [0.25, 0.3) is 11.8 Å². The first-order valence-corrected chi connectivity index (χ1v) is 6.49. The predicted molar refractivity (Wildman–Crippen MR) is 76.8 cm³/mol. The van der Waals surface area contributed by atoms with Crippen LogP contribution in [0, 0.1) is 10.1 Å². The van der Waals surface area contributed by atoms with E-state index in [9.17, 15) is 19.7 Å². The highest BCUT2D eigenvalue weighted by Gasteiger charge is 2.17. The van der Waals surface area contributed by atoms with Gasteiger partial charge >= 0.3 is 5.82 Å².